The number of furan rings is 1. The molecule has 1 aliphatic heterocycles. The van der Waals surface area contributed by atoms with Crippen molar-refractivity contribution in [3.8, 4) is 11.3 Å². The number of aromatic nitrogens is 3. The highest BCUT2D eigenvalue weighted by molar-refractivity contribution is 5.93. The number of hydrogen-bond acceptors (Lipinski definition) is 6. The van der Waals surface area contributed by atoms with Crippen LogP contribution < -0.4 is 10.6 Å². The number of hydrogen-bond donors (Lipinski definition) is 2. The van der Waals surface area contributed by atoms with Gasteiger partial charge in [0.05, 0.1) is 6.26 Å². The lowest BCUT2D eigenvalue weighted by molar-refractivity contribution is -0.143. The molecule has 186 valence electrons. The van der Waals surface area contributed by atoms with Crippen LogP contribution in [0.15, 0.2) is 59.6 Å². The van der Waals surface area contributed by atoms with E-state index in [0.29, 0.717) is 52.5 Å². The second-order valence-corrected chi connectivity index (χ2v) is 8.76. The molecule has 5 rings (SSSR count). The van der Waals surface area contributed by atoms with Crippen molar-refractivity contribution >= 4 is 34.3 Å². The van der Waals surface area contributed by atoms with Crippen molar-refractivity contribution in [2.24, 2.45) is 5.92 Å². The van der Waals surface area contributed by atoms with Gasteiger partial charge in [-0.05, 0) is 49.1 Å². The number of benzene rings is 1. The number of pyridine rings is 1. The van der Waals surface area contributed by atoms with Crippen LogP contribution >= 0.6 is 0 Å². The molecule has 36 heavy (non-hydrogen) atoms. The number of alkyl halides is 3. The van der Waals surface area contributed by atoms with Crippen LogP contribution in [-0.2, 0) is 0 Å². The van der Waals surface area contributed by atoms with E-state index in [2.05, 4.69) is 25.6 Å². The van der Waals surface area contributed by atoms with Gasteiger partial charge in [-0.3, -0.25) is 0 Å². The number of nitrogens with zero attached hydrogens (tertiary/aromatic N) is 4. The van der Waals surface area contributed by atoms with Crippen LogP contribution in [0.1, 0.15) is 18.4 Å². The molecule has 1 atom stereocenters. The smallest absolute Gasteiger partial charge is 0.389 e. The number of urea groups is 1. The fourth-order valence-corrected chi connectivity index (χ4v) is 4.35. The molecule has 2 N–H and O–H groups in total. The molecule has 2 amide bonds. The van der Waals surface area contributed by atoms with E-state index in [1.807, 2.05) is 19.1 Å². The van der Waals surface area contributed by atoms with Crippen molar-refractivity contribution < 1.29 is 22.4 Å². The molecule has 0 bridgehead atoms. The fraction of sp³-hybridized carbons (Fsp3) is 0.280. The Kier molecular flexibility index (Phi) is 6.21. The maximum atomic E-state index is 12.7. The van der Waals surface area contributed by atoms with Crippen LogP contribution in [0.5, 0.6) is 0 Å². The van der Waals surface area contributed by atoms with Crippen molar-refractivity contribution in [3.05, 3.63) is 60.7 Å². The predicted molar refractivity (Wildman–Crippen MR) is 129 cm³/mol. The highest BCUT2D eigenvalue weighted by Gasteiger charge is 2.36. The van der Waals surface area contributed by atoms with E-state index in [4.69, 9.17) is 4.42 Å². The Labute approximate surface area is 204 Å². The Morgan fingerprint density at radius 1 is 1.19 bits per heavy atom. The zero-order valence-electron chi connectivity index (χ0n) is 19.3. The maximum Gasteiger partial charge on any atom is 0.389 e. The number of anilines is 3. The second kappa shape index (κ2) is 9.48. The third-order valence-corrected chi connectivity index (χ3v) is 6.14. The Morgan fingerprint density at radius 2 is 2.06 bits per heavy atom. The number of likely N-dealkylation sites (tertiary alicyclic amines) is 1. The van der Waals surface area contributed by atoms with Gasteiger partial charge in [0.25, 0.3) is 0 Å². The summed E-state index contributed by atoms with van der Waals surface area (Å²) >= 11 is 0. The maximum absolute atomic E-state index is 12.7. The van der Waals surface area contributed by atoms with Gasteiger partial charge in [-0.1, -0.05) is 6.07 Å². The largest absolute Gasteiger partial charge is 0.460 e. The van der Waals surface area contributed by atoms with Crippen LogP contribution in [0, 0.1) is 12.8 Å². The van der Waals surface area contributed by atoms with Gasteiger partial charge in [0.2, 0.25) is 0 Å². The van der Waals surface area contributed by atoms with Gasteiger partial charge in [0.1, 0.15) is 23.4 Å². The van der Waals surface area contributed by atoms with Gasteiger partial charge in [-0.25, -0.2) is 19.7 Å². The average molecular weight is 496 g/mol. The molecule has 4 aromatic rings. The number of fused-ring (bicyclic) bond motifs is 1. The number of carbonyl (C=O) groups excluding carboxylic acids is 1. The Bertz CT molecular complexity index is 1400. The van der Waals surface area contributed by atoms with Crippen LogP contribution in [0.25, 0.3) is 22.4 Å². The Morgan fingerprint density at radius 3 is 2.89 bits per heavy atom. The van der Waals surface area contributed by atoms with Gasteiger partial charge in [0.15, 0.2) is 5.58 Å². The molecule has 8 nitrogen and oxygen atoms in total. The third kappa shape index (κ3) is 5.09. The lowest BCUT2D eigenvalue weighted by Gasteiger charge is -2.19. The summed E-state index contributed by atoms with van der Waals surface area (Å²) in [4.78, 5) is 27.2. The van der Waals surface area contributed by atoms with Crippen molar-refractivity contribution in [3.63, 3.8) is 0 Å². The number of halogens is 3. The van der Waals surface area contributed by atoms with Crippen molar-refractivity contribution in [2.45, 2.75) is 25.9 Å². The van der Waals surface area contributed by atoms with E-state index in [1.54, 1.807) is 36.7 Å². The molecule has 1 fully saturated rings. The summed E-state index contributed by atoms with van der Waals surface area (Å²) in [5, 5.41) is 6.11. The minimum absolute atomic E-state index is 0.0831. The van der Waals surface area contributed by atoms with Gasteiger partial charge >= 0.3 is 12.2 Å². The summed E-state index contributed by atoms with van der Waals surface area (Å²) in [6.07, 6.45) is -0.108. The predicted octanol–water partition coefficient (Wildman–Crippen LogP) is 6.14. The standard InChI is InChI=1S/C25H23F3N6O2/c1-15-4-5-17(32-24(35)34-9-6-16(13-34)12-25(26,27)28)11-20(15)33-23-18(3-2-8-29-23)21-22-19(7-10-36-22)30-14-31-21/h2-5,7-8,10-11,14,16H,6,9,12-13H2,1H3,(H,29,33)(H,32,35). The van der Waals surface area contributed by atoms with Gasteiger partial charge in [-0.2, -0.15) is 13.2 Å². The fourth-order valence-electron chi connectivity index (χ4n) is 4.35. The zero-order valence-corrected chi connectivity index (χ0v) is 19.3. The van der Waals surface area contributed by atoms with E-state index < -0.39 is 24.5 Å². The van der Waals surface area contributed by atoms with Crippen LogP contribution in [0.3, 0.4) is 0 Å². The summed E-state index contributed by atoms with van der Waals surface area (Å²) in [7, 11) is 0. The molecule has 1 aromatic carbocycles. The van der Waals surface area contributed by atoms with Gasteiger partial charge in [0, 0.05) is 48.7 Å². The number of aryl methyl sites for hydroxylation is 1. The molecule has 0 aliphatic carbocycles. The summed E-state index contributed by atoms with van der Waals surface area (Å²) in [5.41, 5.74) is 4.64. The first-order chi connectivity index (χ1) is 17.3. The first kappa shape index (κ1) is 23.6. The molecule has 4 heterocycles. The minimum Gasteiger partial charge on any atom is -0.460 e. The molecular formula is C25H23F3N6O2. The molecule has 1 saturated heterocycles. The molecule has 11 heteroatoms. The lowest BCUT2D eigenvalue weighted by Crippen LogP contribution is -2.33. The zero-order chi connectivity index (χ0) is 25.3. The first-order valence-corrected chi connectivity index (χ1v) is 11.4. The highest BCUT2D eigenvalue weighted by atomic mass is 19.4. The quantitative estimate of drug-likeness (QED) is 0.344. The van der Waals surface area contributed by atoms with Crippen molar-refractivity contribution in [1.82, 2.24) is 19.9 Å². The van der Waals surface area contributed by atoms with Crippen molar-refractivity contribution in [2.75, 3.05) is 23.7 Å². The Balaban J connectivity index is 1.34. The van der Waals surface area contributed by atoms with Crippen LogP contribution in [0.2, 0.25) is 0 Å². The van der Waals surface area contributed by atoms with Crippen LogP contribution in [-0.4, -0.2) is 45.1 Å². The molecule has 3 aromatic heterocycles. The minimum atomic E-state index is -4.23. The number of amides is 2. The summed E-state index contributed by atoms with van der Waals surface area (Å²) < 4.78 is 43.7. The molecule has 1 unspecified atom stereocenters. The van der Waals surface area contributed by atoms with E-state index >= 15 is 0 Å². The number of nitrogens with one attached hydrogen (secondary N) is 2. The summed E-state index contributed by atoms with van der Waals surface area (Å²) in [6.45, 7) is 2.29. The Hall–Kier alpha value is -4.15. The SMILES string of the molecule is Cc1ccc(NC(=O)N2CCC(CC(F)(F)F)C2)cc1Nc1ncccc1-c1ncnc2ccoc12. The lowest BCUT2D eigenvalue weighted by atomic mass is 10.1. The number of carbonyl (C=O) groups is 1. The second-order valence-electron chi connectivity index (χ2n) is 8.76. The normalized spacial score (nSPS) is 15.9. The monoisotopic (exact) mass is 496 g/mol. The van der Waals surface area contributed by atoms with Crippen LogP contribution in [0.4, 0.5) is 35.2 Å². The molecule has 1 aliphatic rings. The van der Waals surface area contributed by atoms with E-state index in [-0.39, 0.29) is 6.54 Å². The average Bonchev–Trinajstić information content (AvgIpc) is 3.50. The number of rotatable bonds is 5. The molecule has 0 radical (unpaired) electrons. The van der Waals surface area contributed by atoms with E-state index in [0.717, 1.165) is 5.56 Å². The molecular weight excluding hydrogens is 473 g/mol. The first-order valence-electron chi connectivity index (χ1n) is 11.4. The van der Waals surface area contributed by atoms with Gasteiger partial charge in [-0.15, -0.1) is 0 Å². The summed E-state index contributed by atoms with van der Waals surface area (Å²) in [5.74, 6) is -0.0361. The summed E-state index contributed by atoms with van der Waals surface area (Å²) in [6, 6.07) is 10.3. The topological polar surface area (TPSA) is 96.2 Å². The molecule has 0 spiro atoms. The highest BCUT2D eigenvalue weighted by Crippen LogP contribution is 2.34. The van der Waals surface area contributed by atoms with E-state index in [9.17, 15) is 18.0 Å². The third-order valence-electron chi connectivity index (χ3n) is 6.14. The van der Waals surface area contributed by atoms with E-state index in [1.165, 1.54) is 11.2 Å². The van der Waals surface area contributed by atoms with Crippen molar-refractivity contribution in [1.29, 1.82) is 0 Å². The van der Waals surface area contributed by atoms with Gasteiger partial charge < -0.3 is 20.0 Å². The molecule has 0 saturated carbocycles.